The fraction of sp³-hybridized carbons (Fsp3) is 0.607. The lowest BCUT2D eigenvalue weighted by atomic mass is 9.54. The number of piperazine rings is 1. The van der Waals surface area contributed by atoms with Crippen molar-refractivity contribution in [1.29, 1.82) is 0 Å². The number of primary amides is 1. The highest BCUT2D eigenvalue weighted by molar-refractivity contribution is 5.91. The minimum atomic E-state index is -0.980. The first kappa shape index (κ1) is 25.9. The molecule has 1 saturated heterocycles. The minimum absolute atomic E-state index is 0.0511. The molecule has 3 heterocycles. The Bertz CT molecular complexity index is 1090. The lowest BCUT2D eigenvalue weighted by Crippen LogP contribution is -2.50. The number of nitrogens with zero attached hydrogens (tertiary/aromatic N) is 4. The molecule has 0 radical (unpaired) electrons. The zero-order valence-electron chi connectivity index (χ0n) is 21.7. The molecule has 8 nitrogen and oxygen atoms in total. The summed E-state index contributed by atoms with van der Waals surface area (Å²) in [4.78, 5) is 23.6. The normalized spacial score (nSPS) is 28.6. The average molecular weight is 512 g/mol. The Kier molecular flexibility index (Phi) is 6.87. The number of aromatic nitrogens is 2. The van der Waals surface area contributed by atoms with Gasteiger partial charge in [0.05, 0.1) is 23.2 Å². The van der Waals surface area contributed by atoms with Gasteiger partial charge in [-0.15, -0.1) is 0 Å². The van der Waals surface area contributed by atoms with E-state index in [4.69, 9.17) is 5.73 Å². The Morgan fingerprint density at radius 2 is 1.57 bits per heavy atom. The average Bonchev–Trinajstić information content (AvgIpc) is 2.83. The fourth-order valence-corrected chi connectivity index (χ4v) is 6.97. The van der Waals surface area contributed by atoms with Crippen LogP contribution in [0, 0.1) is 23.6 Å². The van der Waals surface area contributed by atoms with Crippen molar-refractivity contribution in [3.63, 3.8) is 0 Å². The monoisotopic (exact) mass is 511 g/mol. The van der Waals surface area contributed by atoms with Gasteiger partial charge < -0.3 is 25.7 Å². The van der Waals surface area contributed by atoms with Gasteiger partial charge in [0, 0.05) is 26.2 Å². The van der Waals surface area contributed by atoms with Gasteiger partial charge >= 0.3 is 0 Å². The summed E-state index contributed by atoms with van der Waals surface area (Å²) in [6, 6.07) is 6.23. The molecule has 4 bridgehead atoms. The van der Waals surface area contributed by atoms with E-state index >= 15 is 0 Å². The highest BCUT2D eigenvalue weighted by Gasteiger charge is 2.49. The van der Waals surface area contributed by atoms with Crippen LogP contribution in [0.4, 0.5) is 15.9 Å². The van der Waals surface area contributed by atoms with E-state index in [1.165, 1.54) is 31.4 Å². The fourth-order valence-electron chi connectivity index (χ4n) is 6.97. The standard InChI is InChI=1S/C18H22FN5O2.C10H16O/c1-18(2,26)15-6-3-12(11-21-15)23-7-9-24(10-8-23)17-13(19)4-5-14(22-17)16(20)25;11-10-4-7-1-8(5-10)3-9(2-7)6-10/h3-6,11,26H,7-10H2,1-2H3,(H2,20,25);7-9,11H,1-6H2. The molecule has 4 N–H and O–H groups in total. The predicted octanol–water partition coefficient (Wildman–Crippen LogP) is 3.22. The summed E-state index contributed by atoms with van der Waals surface area (Å²) < 4.78 is 14.1. The van der Waals surface area contributed by atoms with Crippen LogP contribution in [-0.4, -0.2) is 57.9 Å². The van der Waals surface area contributed by atoms with E-state index in [2.05, 4.69) is 14.9 Å². The van der Waals surface area contributed by atoms with E-state index in [0.29, 0.717) is 31.9 Å². The first-order valence-corrected chi connectivity index (χ1v) is 13.4. The van der Waals surface area contributed by atoms with Gasteiger partial charge in [-0.25, -0.2) is 9.37 Å². The van der Waals surface area contributed by atoms with E-state index in [1.807, 2.05) is 6.07 Å². The second-order valence-electron chi connectivity index (χ2n) is 11.9. The van der Waals surface area contributed by atoms with Crippen molar-refractivity contribution < 1.29 is 19.4 Å². The number of hydrogen-bond acceptors (Lipinski definition) is 7. The zero-order valence-corrected chi connectivity index (χ0v) is 21.7. The predicted molar refractivity (Wildman–Crippen MR) is 140 cm³/mol. The summed E-state index contributed by atoms with van der Waals surface area (Å²) in [7, 11) is 0. The molecular weight excluding hydrogens is 473 g/mol. The molecule has 200 valence electrons. The van der Waals surface area contributed by atoms with Gasteiger partial charge in [0.2, 0.25) is 0 Å². The van der Waals surface area contributed by atoms with E-state index < -0.39 is 17.3 Å². The van der Waals surface area contributed by atoms with E-state index in [9.17, 15) is 19.4 Å². The summed E-state index contributed by atoms with van der Waals surface area (Å²) in [5, 5.41) is 20.1. The van der Waals surface area contributed by atoms with Crippen LogP contribution in [-0.2, 0) is 5.60 Å². The summed E-state index contributed by atoms with van der Waals surface area (Å²) in [5.41, 5.74) is 5.65. The van der Waals surface area contributed by atoms with Crippen molar-refractivity contribution in [2.75, 3.05) is 36.0 Å². The van der Waals surface area contributed by atoms with E-state index in [-0.39, 0.29) is 17.1 Å². The number of nitrogens with two attached hydrogens (primary N) is 1. The van der Waals surface area contributed by atoms with Gasteiger partial charge in [-0.3, -0.25) is 9.78 Å². The highest BCUT2D eigenvalue weighted by Crippen LogP contribution is 2.55. The Balaban J connectivity index is 0.000000208. The number of aliphatic hydroxyl groups is 2. The van der Waals surface area contributed by atoms with Gasteiger partial charge in [-0.1, -0.05) is 0 Å². The van der Waals surface area contributed by atoms with Crippen LogP contribution in [0.2, 0.25) is 0 Å². The van der Waals surface area contributed by atoms with Gasteiger partial charge in [-0.05, 0) is 94.4 Å². The van der Waals surface area contributed by atoms with Gasteiger partial charge in [-0.2, -0.15) is 0 Å². The SMILES string of the molecule is CC(C)(O)c1ccc(N2CCN(c3nc(C(N)=O)ccc3F)CC2)cn1.OC12CC3CC(CC(C3)C1)C2. The number of pyridine rings is 2. The second-order valence-corrected chi connectivity index (χ2v) is 11.9. The third-order valence-corrected chi connectivity index (χ3v) is 8.40. The Hall–Kier alpha value is -2.78. The van der Waals surface area contributed by atoms with Crippen molar-refractivity contribution >= 4 is 17.4 Å². The topological polar surface area (TPSA) is 116 Å². The molecule has 2 aromatic rings. The molecule has 7 rings (SSSR count). The van der Waals surface area contributed by atoms with Crippen molar-refractivity contribution in [2.45, 2.75) is 63.6 Å². The van der Waals surface area contributed by atoms with Crippen LogP contribution in [0.15, 0.2) is 30.5 Å². The Morgan fingerprint density at radius 1 is 1.00 bits per heavy atom. The number of rotatable bonds is 4. The maximum absolute atomic E-state index is 14.1. The Labute approximate surface area is 217 Å². The highest BCUT2D eigenvalue weighted by atomic mass is 19.1. The van der Waals surface area contributed by atoms with Crippen molar-refractivity contribution in [3.05, 3.63) is 47.7 Å². The number of amides is 1. The first-order chi connectivity index (χ1) is 17.5. The summed E-state index contributed by atoms with van der Waals surface area (Å²) >= 11 is 0. The molecule has 2 aromatic heterocycles. The van der Waals surface area contributed by atoms with Crippen molar-refractivity contribution in [1.82, 2.24) is 9.97 Å². The molecule has 0 atom stereocenters. The summed E-state index contributed by atoms with van der Waals surface area (Å²) in [6.07, 6.45) is 9.39. The lowest BCUT2D eigenvalue weighted by Gasteiger charge is -2.54. The molecule has 5 fully saturated rings. The Morgan fingerprint density at radius 3 is 2.03 bits per heavy atom. The summed E-state index contributed by atoms with van der Waals surface area (Å²) in [5.74, 6) is 1.68. The number of carbonyl (C=O) groups excluding carboxylic acids is 1. The maximum atomic E-state index is 14.1. The molecule has 0 spiro atoms. The van der Waals surface area contributed by atoms with E-state index in [1.54, 1.807) is 31.0 Å². The molecule has 1 aliphatic heterocycles. The largest absolute Gasteiger partial charge is 0.390 e. The minimum Gasteiger partial charge on any atom is -0.390 e. The van der Waals surface area contributed by atoms with Crippen molar-refractivity contribution in [3.8, 4) is 0 Å². The lowest BCUT2D eigenvalue weighted by molar-refractivity contribution is -0.124. The maximum Gasteiger partial charge on any atom is 0.267 e. The van der Waals surface area contributed by atoms with Crippen LogP contribution in [0.1, 0.15) is 68.6 Å². The molecule has 4 aliphatic carbocycles. The van der Waals surface area contributed by atoms with Gasteiger partial charge in [0.15, 0.2) is 11.6 Å². The summed E-state index contributed by atoms with van der Waals surface area (Å²) in [6.45, 7) is 5.81. The first-order valence-electron chi connectivity index (χ1n) is 13.4. The smallest absolute Gasteiger partial charge is 0.267 e. The molecule has 0 unspecified atom stereocenters. The van der Waals surface area contributed by atoms with Crippen LogP contribution < -0.4 is 15.5 Å². The van der Waals surface area contributed by atoms with Crippen LogP contribution in [0.3, 0.4) is 0 Å². The molecule has 0 aromatic carbocycles. The molecule has 1 amide bonds. The number of anilines is 2. The molecule has 4 saturated carbocycles. The zero-order chi connectivity index (χ0) is 26.4. The molecule has 9 heteroatoms. The molecule has 5 aliphatic rings. The van der Waals surface area contributed by atoms with Gasteiger partial charge in [0.1, 0.15) is 11.3 Å². The third kappa shape index (κ3) is 5.72. The number of hydrogen-bond donors (Lipinski definition) is 3. The number of carbonyl (C=O) groups is 1. The van der Waals surface area contributed by atoms with Crippen LogP contribution >= 0.6 is 0 Å². The van der Waals surface area contributed by atoms with E-state index in [0.717, 1.165) is 42.7 Å². The second kappa shape index (κ2) is 9.83. The van der Waals surface area contributed by atoms with Crippen LogP contribution in [0.5, 0.6) is 0 Å². The van der Waals surface area contributed by atoms with Crippen LogP contribution in [0.25, 0.3) is 0 Å². The number of halogens is 1. The quantitative estimate of drug-likeness (QED) is 0.577. The van der Waals surface area contributed by atoms with Crippen molar-refractivity contribution in [2.24, 2.45) is 23.5 Å². The van der Waals surface area contributed by atoms with Gasteiger partial charge in [0.25, 0.3) is 5.91 Å². The third-order valence-electron chi connectivity index (χ3n) is 8.40. The molecular formula is C28H38FN5O3. The molecule has 37 heavy (non-hydrogen) atoms.